The number of carbonyl (C=O) groups excluding carboxylic acids is 1. The van der Waals surface area contributed by atoms with Crippen molar-refractivity contribution < 1.29 is 18.0 Å². The van der Waals surface area contributed by atoms with E-state index in [-0.39, 0.29) is 24.0 Å². The van der Waals surface area contributed by atoms with Gasteiger partial charge >= 0.3 is 0 Å². The number of nitrogens with one attached hydrogen (secondary N) is 2. The van der Waals surface area contributed by atoms with Crippen molar-refractivity contribution in [1.82, 2.24) is 5.32 Å². The normalized spacial score (nSPS) is 21.9. The summed E-state index contributed by atoms with van der Waals surface area (Å²) in [6.07, 6.45) is 0.644. The average molecular weight is 295 g/mol. The van der Waals surface area contributed by atoms with Crippen LogP contribution >= 0.6 is 12.4 Å². The highest BCUT2D eigenvalue weighted by molar-refractivity contribution is 5.95. The summed E-state index contributed by atoms with van der Waals surface area (Å²) in [5, 5.41) is 5.45. The second-order valence-electron chi connectivity index (χ2n) is 4.70. The molecule has 0 spiro atoms. The second-order valence-corrected chi connectivity index (χ2v) is 4.70. The monoisotopic (exact) mass is 294 g/mol. The minimum absolute atomic E-state index is 0. The van der Waals surface area contributed by atoms with E-state index in [1.807, 2.05) is 0 Å². The van der Waals surface area contributed by atoms with Gasteiger partial charge in [-0.05, 0) is 19.9 Å². The van der Waals surface area contributed by atoms with Crippen molar-refractivity contribution in [2.75, 3.05) is 18.4 Å². The van der Waals surface area contributed by atoms with Crippen LogP contribution in [0.1, 0.15) is 13.3 Å². The highest BCUT2D eigenvalue weighted by Gasteiger charge is 2.36. The van der Waals surface area contributed by atoms with E-state index in [9.17, 15) is 18.0 Å². The Morgan fingerprint density at radius 3 is 2.37 bits per heavy atom. The van der Waals surface area contributed by atoms with Gasteiger partial charge in [-0.3, -0.25) is 4.79 Å². The lowest BCUT2D eigenvalue weighted by Gasteiger charge is -2.21. The Balaban J connectivity index is 0.00000180. The first-order chi connectivity index (χ1) is 8.42. The summed E-state index contributed by atoms with van der Waals surface area (Å²) in [6, 6.07) is 1.53. The van der Waals surface area contributed by atoms with Crippen LogP contribution in [-0.4, -0.2) is 19.0 Å². The molecule has 1 saturated heterocycles. The average Bonchev–Trinajstić information content (AvgIpc) is 2.74. The number of hydrogen-bond donors (Lipinski definition) is 2. The number of rotatable bonds is 2. The van der Waals surface area contributed by atoms with Gasteiger partial charge in [0.25, 0.3) is 0 Å². The number of carbonyl (C=O) groups is 1. The van der Waals surface area contributed by atoms with Crippen molar-refractivity contribution in [3.63, 3.8) is 0 Å². The molecule has 0 radical (unpaired) electrons. The molecule has 1 aromatic rings. The Kier molecular flexibility index (Phi) is 4.81. The van der Waals surface area contributed by atoms with E-state index in [0.29, 0.717) is 13.0 Å². The summed E-state index contributed by atoms with van der Waals surface area (Å²) < 4.78 is 38.7. The highest BCUT2D eigenvalue weighted by Crippen LogP contribution is 2.27. The molecule has 0 saturated carbocycles. The van der Waals surface area contributed by atoms with Crippen LogP contribution in [0.2, 0.25) is 0 Å². The van der Waals surface area contributed by atoms with Gasteiger partial charge in [-0.15, -0.1) is 12.4 Å². The minimum atomic E-state index is -1.54. The molecule has 19 heavy (non-hydrogen) atoms. The van der Waals surface area contributed by atoms with Crippen molar-refractivity contribution in [3.8, 4) is 0 Å². The molecule has 0 aromatic heterocycles. The molecule has 1 heterocycles. The molecule has 1 fully saturated rings. The number of benzene rings is 1. The van der Waals surface area contributed by atoms with E-state index in [4.69, 9.17) is 0 Å². The quantitative estimate of drug-likeness (QED) is 0.823. The first kappa shape index (κ1) is 15.8. The van der Waals surface area contributed by atoms with Crippen molar-refractivity contribution in [1.29, 1.82) is 0 Å². The summed E-state index contributed by atoms with van der Waals surface area (Å²) in [7, 11) is 0. The lowest BCUT2D eigenvalue weighted by molar-refractivity contribution is -0.123. The summed E-state index contributed by atoms with van der Waals surface area (Å²) in [5.41, 5.74) is -0.689. The van der Waals surface area contributed by atoms with Crippen molar-refractivity contribution >= 4 is 24.0 Å². The fourth-order valence-electron chi connectivity index (χ4n) is 1.92. The number of hydrogen-bond acceptors (Lipinski definition) is 2. The van der Waals surface area contributed by atoms with Crippen molar-refractivity contribution in [2.45, 2.75) is 13.3 Å². The molecule has 1 atom stereocenters. The van der Waals surface area contributed by atoms with E-state index in [1.54, 1.807) is 6.92 Å². The van der Waals surface area contributed by atoms with Crippen molar-refractivity contribution in [3.05, 3.63) is 29.6 Å². The van der Waals surface area contributed by atoms with Crippen LogP contribution in [-0.2, 0) is 4.79 Å². The van der Waals surface area contributed by atoms with Crippen LogP contribution < -0.4 is 10.6 Å². The number of amides is 1. The van der Waals surface area contributed by atoms with E-state index in [1.165, 1.54) is 0 Å². The summed E-state index contributed by atoms with van der Waals surface area (Å²) in [4.78, 5) is 12.0. The summed E-state index contributed by atoms with van der Waals surface area (Å²) in [5.74, 6) is -4.51. The smallest absolute Gasteiger partial charge is 0.231 e. The molecule has 2 N–H and O–H groups in total. The van der Waals surface area contributed by atoms with Crippen LogP contribution in [0.25, 0.3) is 0 Å². The maximum atomic E-state index is 13.0. The van der Waals surface area contributed by atoms with E-state index < -0.39 is 22.9 Å². The molecule has 3 nitrogen and oxygen atoms in total. The zero-order valence-corrected chi connectivity index (χ0v) is 11.0. The van der Waals surface area contributed by atoms with Gasteiger partial charge in [-0.2, -0.15) is 0 Å². The molecule has 1 aliphatic heterocycles. The molecular formula is C12H14ClF3N2O. The fourth-order valence-corrected chi connectivity index (χ4v) is 1.92. The Bertz CT molecular complexity index is 467. The van der Waals surface area contributed by atoms with Gasteiger partial charge in [0, 0.05) is 24.4 Å². The fraction of sp³-hybridized carbons (Fsp3) is 0.417. The predicted molar refractivity (Wildman–Crippen MR) is 67.8 cm³/mol. The van der Waals surface area contributed by atoms with Crippen molar-refractivity contribution in [2.24, 2.45) is 5.41 Å². The van der Waals surface area contributed by atoms with Gasteiger partial charge in [-0.25, -0.2) is 13.2 Å². The molecular weight excluding hydrogens is 281 g/mol. The molecule has 2 rings (SSSR count). The lowest BCUT2D eigenvalue weighted by Crippen LogP contribution is -2.35. The summed E-state index contributed by atoms with van der Waals surface area (Å²) >= 11 is 0. The van der Waals surface area contributed by atoms with Gasteiger partial charge in [0.1, 0.15) is 0 Å². The largest absolute Gasteiger partial charge is 0.325 e. The Morgan fingerprint density at radius 2 is 1.89 bits per heavy atom. The topological polar surface area (TPSA) is 41.1 Å². The first-order valence-electron chi connectivity index (χ1n) is 5.59. The summed E-state index contributed by atoms with van der Waals surface area (Å²) in [6.45, 7) is 2.99. The van der Waals surface area contributed by atoms with Crippen LogP contribution in [0.5, 0.6) is 0 Å². The number of halogens is 4. The molecule has 1 unspecified atom stereocenters. The van der Waals surface area contributed by atoms with Gasteiger partial charge in [0.15, 0.2) is 17.5 Å². The second kappa shape index (κ2) is 5.79. The third-order valence-corrected chi connectivity index (χ3v) is 3.16. The Morgan fingerprint density at radius 1 is 1.32 bits per heavy atom. The van der Waals surface area contributed by atoms with Crippen LogP contribution in [0.15, 0.2) is 12.1 Å². The standard InChI is InChI=1S/C12H13F3N2O.ClH/c1-12(2-3-16-6-12)11(18)17-7-4-8(13)10(15)9(14)5-7;/h4-5,16H,2-3,6H2,1H3,(H,17,18);1H. The Labute approximate surface area is 115 Å². The SMILES string of the molecule is CC1(C(=O)Nc2cc(F)c(F)c(F)c2)CCNC1.Cl. The molecule has 106 valence electrons. The Hall–Kier alpha value is -1.27. The number of anilines is 1. The molecule has 1 amide bonds. The van der Waals surface area contributed by atoms with E-state index in [0.717, 1.165) is 18.7 Å². The van der Waals surface area contributed by atoms with Crippen LogP contribution in [0.4, 0.5) is 18.9 Å². The lowest BCUT2D eigenvalue weighted by atomic mass is 9.89. The maximum absolute atomic E-state index is 13.0. The molecule has 0 aliphatic carbocycles. The maximum Gasteiger partial charge on any atom is 0.231 e. The molecule has 7 heteroatoms. The first-order valence-corrected chi connectivity index (χ1v) is 5.59. The van der Waals surface area contributed by atoms with Crippen LogP contribution in [0.3, 0.4) is 0 Å². The van der Waals surface area contributed by atoms with Gasteiger partial charge in [0.05, 0.1) is 5.41 Å². The zero-order chi connectivity index (χ0) is 13.3. The molecule has 0 bridgehead atoms. The molecule has 1 aliphatic rings. The highest BCUT2D eigenvalue weighted by atomic mass is 35.5. The third kappa shape index (κ3) is 3.19. The predicted octanol–water partition coefficient (Wildman–Crippen LogP) is 2.46. The van der Waals surface area contributed by atoms with E-state index >= 15 is 0 Å². The van der Waals surface area contributed by atoms with Gasteiger partial charge in [-0.1, -0.05) is 0 Å². The third-order valence-electron chi connectivity index (χ3n) is 3.16. The zero-order valence-electron chi connectivity index (χ0n) is 10.2. The van der Waals surface area contributed by atoms with Gasteiger partial charge in [0.2, 0.25) is 5.91 Å². The minimum Gasteiger partial charge on any atom is -0.325 e. The van der Waals surface area contributed by atoms with Crippen LogP contribution in [0, 0.1) is 22.9 Å². The van der Waals surface area contributed by atoms with Gasteiger partial charge < -0.3 is 10.6 Å². The van der Waals surface area contributed by atoms with E-state index in [2.05, 4.69) is 10.6 Å². The molecule has 1 aromatic carbocycles.